The minimum Gasteiger partial charge on any atom is -0.353 e. The molecular weight excluding hydrogens is 330 g/mol. The number of carbonyl (C=O) groups excluding carboxylic acids is 1. The van der Waals surface area contributed by atoms with Crippen LogP contribution in [-0.4, -0.2) is 37.2 Å². The van der Waals surface area contributed by atoms with Crippen molar-refractivity contribution in [2.75, 3.05) is 26.4 Å². The maximum absolute atomic E-state index is 13.5. The molecule has 0 aliphatic carbocycles. The highest BCUT2D eigenvalue weighted by Crippen LogP contribution is 2.22. The summed E-state index contributed by atoms with van der Waals surface area (Å²) in [7, 11) is 3.90. The van der Waals surface area contributed by atoms with E-state index in [2.05, 4.69) is 5.32 Å². The average Bonchev–Trinajstić information content (AvgIpc) is 2.55. The number of benzene rings is 2. The summed E-state index contributed by atoms with van der Waals surface area (Å²) in [6.45, 7) is 0.461. The second kappa shape index (κ2) is 8.80. The van der Waals surface area contributed by atoms with Crippen LogP contribution in [0.2, 0.25) is 0 Å². The smallest absolute Gasteiger partial charge is 0.230 e. The van der Waals surface area contributed by atoms with Crippen LogP contribution < -0.4 is 5.32 Å². The molecule has 2 aromatic rings. The summed E-state index contributed by atoms with van der Waals surface area (Å²) in [6.07, 6.45) is 0. The molecule has 0 radical (unpaired) electrons. The van der Waals surface area contributed by atoms with Gasteiger partial charge in [0.05, 0.1) is 11.8 Å². The van der Waals surface area contributed by atoms with Gasteiger partial charge in [0.25, 0.3) is 0 Å². The Morgan fingerprint density at radius 1 is 1.17 bits per heavy atom. The summed E-state index contributed by atoms with van der Waals surface area (Å²) >= 11 is 1.05. The molecule has 2 aromatic carbocycles. The fourth-order valence-electron chi connectivity index (χ4n) is 2.27. The van der Waals surface area contributed by atoms with Crippen LogP contribution in [0.3, 0.4) is 0 Å². The normalized spacial score (nSPS) is 12.2. The van der Waals surface area contributed by atoms with Gasteiger partial charge < -0.3 is 10.2 Å². The van der Waals surface area contributed by atoms with Gasteiger partial charge in [0, 0.05) is 17.5 Å². The molecule has 0 aromatic heterocycles. The summed E-state index contributed by atoms with van der Waals surface area (Å²) in [5.74, 6) is -1.38. The van der Waals surface area contributed by atoms with E-state index in [0.717, 1.165) is 23.4 Å². The first-order valence-corrected chi connectivity index (χ1v) is 8.52. The first-order chi connectivity index (χ1) is 11.5. The molecule has 0 aliphatic heterocycles. The number of halogens is 2. The van der Waals surface area contributed by atoms with Crippen molar-refractivity contribution in [3.05, 3.63) is 65.7 Å². The van der Waals surface area contributed by atoms with E-state index in [1.807, 2.05) is 49.3 Å². The Morgan fingerprint density at radius 3 is 2.50 bits per heavy atom. The van der Waals surface area contributed by atoms with Crippen molar-refractivity contribution in [3.63, 3.8) is 0 Å². The van der Waals surface area contributed by atoms with Crippen molar-refractivity contribution in [3.8, 4) is 0 Å². The molecule has 1 amide bonds. The molecule has 128 valence electrons. The van der Waals surface area contributed by atoms with Gasteiger partial charge in [0.2, 0.25) is 5.91 Å². The molecule has 2 rings (SSSR count). The topological polar surface area (TPSA) is 32.3 Å². The van der Waals surface area contributed by atoms with Gasteiger partial charge in [0.1, 0.15) is 11.6 Å². The number of carbonyl (C=O) groups is 1. The number of thioether (sulfide) groups is 1. The minimum atomic E-state index is -0.650. The lowest BCUT2D eigenvalue weighted by Gasteiger charge is -2.25. The molecule has 0 saturated carbocycles. The molecule has 0 heterocycles. The maximum Gasteiger partial charge on any atom is 0.230 e. The Balaban J connectivity index is 1.87. The van der Waals surface area contributed by atoms with Gasteiger partial charge in [-0.05, 0) is 31.8 Å². The molecule has 0 aliphatic rings. The van der Waals surface area contributed by atoms with E-state index in [4.69, 9.17) is 0 Å². The SMILES string of the molecule is CN(C)C(CNC(=O)CSc1ccc(F)cc1F)c1ccccc1. The van der Waals surface area contributed by atoms with Gasteiger partial charge in [-0.15, -0.1) is 11.8 Å². The van der Waals surface area contributed by atoms with Crippen LogP contribution in [0, 0.1) is 11.6 Å². The van der Waals surface area contributed by atoms with E-state index in [1.165, 1.54) is 12.1 Å². The molecule has 1 unspecified atom stereocenters. The number of rotatable bonds is 7. The minimum absolute atomic E-state index is 0.0581. The number of hydrogen-bond acceptors (Lipinski definition) is 3. The lowest BCUT2D eigenvalue weighted by atomic mass is 10.1. The van der Waals surface area contributed by atoms with Crippen LogP contribution in [0.25, 0.3) is 0 Å². The highest BCUT2D eigenvalue weighted by atomic mass is 32.2. The predicted molar refractivity (Wildman–Crippen MR) is 93.0 cm³/mol. The summed E-state index contributed by atoms with van der Waals surface area (Å²) in [5, 5.41) is 2.87. The largest absolute Gasteiger partial charge is 0.353 e. The lowest BCUT2D eigenvalue weighted by Crippen LogP contribution is -2.35. The standard InChI is InChI=1S/C18H20F2N2OS/c1-22(2)16(13-6-4-3-5-7-13)11-21-18(23)12-24-17-9-8-14(19)10-15(17)20/h3-10,16H,11-12H2,1-2H3,(H,21,23). The van der Waals surface area contributed by atoms with Crippen LogP contribution in [-0.2, 0) is 4.79 Å². The van der Waals surface area contributed by atoms with Crippen LogP contribution in [0.15, 0.2) is 53.4 Å². The van der Waals surface area contributed by atoms with Crippen molar-refractivity contribution >= 4 is 17.7 Å². The second-order valence-corrected chi connectivity index (χ2v) is 6.57. The highest BCUT2D eigenvalue weighted by molar-refractivity contribution is 8.00. The molecule has 6 heteroatoms. The number of nitrogens with one attached hydrogen (secondary N) is 1. The van der Waals surface area contributed by atoms with Gasteiger partial charge in [-0.25, -0.2) is 8.78 Å². The number of nitrogens with zero attached hydrogens (tertiary/aromatic N) is 1. The van der Waals surface area contributed by atoms with Crippen molar-refractivity contribution in [1.82, 2.24) is 10.2 Å². The van der Waals surface area contributed by atoms with Crippen molar-refractivity contribution in [2.45, 2.75) is 10.9 Å². The lowest BCUT2D eigenvalue weighted by molar-refractivity contribution is -0.118. The molecular formula is C18H20F2N2OS. The zero-order chi connectivity index (χ0) is 17.5. The first-order valence-electron chi connectivity index (χ1n) is 7.53. The zero-order valence-corrected chi connectivity index (χ0v) is 14.4. The van der Waals surface area contributed by atoms with Crippen molar-refractivity contribution < 1.29 is 13.6 Å². The Bertz CT molecular complexity index is 680. The van der Waals surface area contributed by atoms with Gasteiger partial charge in [-0.1, -0.05) is 30.3 Å². The molecule has 1 N–H and O–H groups in total. The number of amides is 1. The quantitative estimate of drug-likeness (QED) is 0.776. The molecule has 24 heavy (non-hydrogen) atoms. The fourth-order valence-corrected chi connectivity index (χ4v) is 3.02. The Morgan fingerprint density at radius 2 is 1.88 bits per heavy atom. The van der Waals surface area contributed by atoms with E-state index < -0.39 is 11.6 Å². The Kier molecular flexibility index (Phi) is 6.75. The predicted octanol–water partition coefficient (Wildman–Crippen LogP) is 3.48. The monoisotopic (exact) mass is 350 g/mol. The van der Waals surface area contributed by atoms with Gasteiger partial charge in [-0.3, -0.25) is 4.79 Å². The summed E-state index contributed by atoms with van der Waals surface area (Å²) < 4.78 is 26.4. The van der Waals surface area contributed by atoms with Crippen LogP contribution in [0.4, 0.5) is 8.78 Å². The molecule has 0 spiro atoms. The van der Waals surface area contributed by atoms with Crippen LogP contribution in [0.1, 0.15) is 11.6 Å². The second-order valence-electron chi connectivity index (χ2n) is 5.56. The van der Waals surface area contributed by atoms with Crippen LogP contribution >= 0.6 is 11.8 Å². The summed E-state index contributed by atoms with van der Waals surface area (Å²) in [6, 6.07) is 13.3. The number of likely N-dealkylation sites (N-methyl/N-ethyl adjacent to an activating group) is 1. The zero-order valence-electron chi connectivity index (χ0n) is 13.6. The van der Waals surface area contributed by atoms with Crippen molar-refractivity contribution in [1.29, 1.82) is 0 Å². The van der Waals surface area contributed by atoms with E-state index in [0.29, 0.717) is 6.54 Å². The van der Waals surface area contributed by atoms with Gasteiger partial charge >= 0.3 is 0 Å². The third-order valence-electron chi connectivity index (χ3n) is 3.55. The molecule has 1 atom stereocenters. The average molecular weight is 350 g/mol. The third-order valence-corrected chi connectivity index (χ3v) is 4.60. The molecule has 0 fully saturated rings. The Hall–Kier alpha value is -1.92. The molecule has 3 nitrogen and oxygen atoms in total. The van der Waals surface area contributed by atoms with Gasteiger partial charge in [0.15, 0.2) is 0 Å². The van der Waals surface area contributed by atoms with Gasteiger partial charge in [-0.2, -0.15) is 0 Å². The highest BCUT2D eigenvalue weighted by Gasteiger charge is 2.15. The summed E-state index contributed by atoms with van der Waals surface area (Å²) in [5.41, 5.74) is 1.11. The number of hydrogen-bond donors (Lipinski definition) is 1. The Labute approximate surface area is 145 Å². The van der Waals surface area contributed by atoms with E-state index in [9.17, 15) is 13.6 Å². The molecule has 0 saturated heterocycles. The third kappa shape index (κ3) is 5.32. The maximum atomic E-state index is 13.5. The fraction of sp³-hybridized carbons (Fsp3) is 0.278. The van der Waals surface area contributed by atoms with E-state index >= 15 is 0 Å². The first kappa shape index (κ1) is 18.4. The summed E-state index contributed by atoms with van der Waals surface area (Å²) in [4.78, 5) is 14.3. The van der Waals surface area contributed by atoms with Crippen LogP contribution in [0.5, 0.6) is 0 Å². The molecule has 0 bridgehead atoms. The van der Waals surface area contributed by atoms with E-state index in [-0.39, 0.29) is 22.6 Å². The van der Waals surface area contributed by atoms with E-state index in [1.54, 1.807) is 0 Å². The van der Waals surface area contributed by atoms with Crippen molar-refractivity contribution in [2.24, 2.45) is 0 Å².